The number of amides is 2. The van der Waals surface area contributed by atoms with Crippen LogP contribution in [0.5, 0.6) is 0 Å². The molecule has 41 heavy (non-hydrogen) atoms. The number of fused-ring (bicyclic) bond motifs is 4. The molecule has 1 unspecified atom stereocenters. The molecule has 0 fully saturated rings. The van der Waals surface area contributed by atoms with Crippen LogP contribution in [-0.2, 0) is 16.0 Å². The fourth-order valence-electron chi connectivity index (χ4n) is 4.67. The Balaban J connectivity index is 1.38. The van der Waals surface area contributed by atoms with Gasteiger partial charge in [-0.2, -0.15) is 4.68 Å². The molecule has 0 radical (unpaired) electrons. The molecule has 5 rings (SSSR count). The van der Waals surface area contributed by atoms with Crippen LogP contribution in [0.3, 0.4) is 0 Å². The minimum Gasteiger partial charge on any atom is -0.453 e. The number of allylic oxidation sites excluding steroid dienone is 2. The first-order valence-electron chi connectivity index (χ1n) is 13.2. The maximum atomic E-state index is 13.1. The summed E-state index contributed by atoms with van der Waals surface area (Å²) in [6.07, 6.45) is 14.3. The van der Waals surface area contributed by atoms with Crippen molar-refractivity contribution in [2.75, 3.05) is 12.4 Å². The number of ether oxygens (including phenoxy) is 1. The van der Waals surface area contributed by atoms with Gasteiger partial charge in [0.1, 0.15) is 12.2 Å². The summed E-state index contributed by atoms with van der Waals surface area (Å²) in [7, 11) is 1.33. The number of hydrogen-bond acceptors (Lipinski definition) is 7. The minimum atomic E-state index is -0.518. The molecule has 2 aromatic carbocycles. The maximum absolute atomic E-state index is 13.1. The summed E-state index contributed by atoms with van der Waals surface area (Å²) in [5.41, 5.74) is 4.95. The van der Waals surface area contributed by atoms with Gasteiger partial charge in [-0.15, -0.1) is 5.10 Å². The zero-order valence-electron chi connectivity index (χ0n) is 22.4. The number of nitrogens with zero attached hydrogens (tertiary/aromatic N) is 5. The average Bonchev–Trinajstić information content (AvgIpc) is 3.68. The van der Waals surface area contributed by atoms with Gasteiger partial charge in [0.25, 0.3) is 0 Å². The summed E-state index contributed by atoms with van der Waals surface area (Å²) in [5.74, 6) is 0.386. The van der Waals surface area contributed by atoms with Gasteiger partial charge < -0.3 is 15.0 Å². The third-order valence-corrected chi connectivity index (χ3v) is 6.91. The van der Waals surface area contributed by atoms with E-state index in [1.165, 1.54) is 24.2 Å². The second-order valence-corrected chi connectivity index (χ2v) is 9.90. The predicted octanol–water partition coefficient (Wildman–Crippen LogP) is 5.43. The van der Waals surface area contributed by atoms with Crippen LogP contribution in [0, 0.1) is 0 Å². The highest BCUT2D eigenvalue weighted by Gasteiger charge is 2.19. The van der Waals surface area contributed by atoms with Crippen molar-refractivity contribution in [2.45, 2.75) is 38.1 Å². The third-order valence-electron chi connectivity index (χ3n) is 6.67. The van der Waals surface area contributed by atoms with Gasteiger partial charge in [0.05, 0.1) is 30.7 Å². The Hall–Kier alpha value is -4.77. The van der Waals surface area contributed by atoms with E-state index in [4.69, 9.17) is 16.3 Å². The Morgan fingerprint density at radius 2 is 2.05 bits per heavy atom. The molecule has 2 aromatic heterocycles. The van der Waals surface area contributed by atoms with Crippen molar-refractivity contribution in [1.82, 2.24) is 35.5 Å². The first-order chi connectivity index (χ1) is 20.0. The lowest BCUT2D eigenvalue weighted by Gasteiger charge is -2.15. The number of H-pyrrole nitrogens is 1. The number of aromatic nitrogens is 6. The number of halogens is 1. The summed E-state index contributed by atoms with van der Waals surface area (Å²) >= 11 is 6.21. The van der Waals surface area contributed by atoms with Crippen LogP contribution in [0.4, 0.5) is 10.5 Å². The number of aromatic amines is 1. The van der Waals surface area contributed by atoms with Crippen molar-refractivity contribution < 1.29 is 14.3 Å². The van der Waals surface area contributed by atoms with Crippen LogP contribution in [0.15, 0.2) is 67.2 Å². The molecule has 1 aliphatic rings. The average molecular weight is 573 g/mol. The molecule has 3 heterocycles. The predicted molar refractivity (Wildman–Crippen MR) is 155 cm³/mol. The number of imidazole rings is 1. The SMILES string of the molecule is COC(=O)Nc1ccc2c(c1)CCCC=CCCC(NC(=O)C=Cc1cc(Cl)ccc1-n1cnnn1)c1ncc-2[nH]1. The fourth-order valence-corrected chi connectivity index (χ4v) is 4.85. The van der Waals surface area contributed by atoms with Crippen molar-refractivity contribution in [3.05, 3.63) is 89.1 Å². The molecule has 0 saturated carbocycles. The van der Waals surface area contributed by atoms with Gasteiger partial charge in [-0.05, 0) is 84.5 Å². The van der Waals surface area contributed by atoms with Crippen molar-refractivity contribution in [3.8, 4) is 16.9 Å². The number of nitrogens with one attached hydrogen (secondary N) is 3. The summed E-state index contributed by atoms with van der Waals surface area (Å²) in [4.78, 5) is 32.8. The molecule has 11 nitrogen and oxygen atoms in total. The van der Waals surface area contributed by atoms with Crippen LogP contribution in [0.1, 0.15) is 48.7 Å². The molecule has 2 amide bonds. The number of carbonyl (C=O) groups is 2. The number of hydrogen-bond donors (Lipinski definition) is 3. The monoisotopic (exact) mass is 572 g/mol. The molecule has 12 heteroatoms. The van der Waals surface area contributed by atoms with Crippen molar-refractivity contribution in [2.24, 2.45) is 0 Å². The Bertz CT molecular complexity index is 1580. The van der Waals surface area contributed by atoms with Crippen LogP contribution in [0.25, 0.3) is 23.0 Å². The largest absolute Gasteiger partial charge is 0.453 e. The highest BCUT2D eigenvalue weighted by Crippen LogP contribution is 2.29. The number of anilines is 1. The summed E-state index contributed by atoms with van der Waals surface area (Å²) in [6.45, 7) is 0. The molecule has 1 aliphatic heterocycles. The van der Waals surface area contributed by atoms with Crippen LogP contribution < -0.4 is 10.6 Å². The first-order valence-corrected chi connectivity index (χ1v) is 13.6. The minimum absolute atomic E-state index is 0.275. The number of aryl methyl sites for hydroxylation is 1. The number of tetrazole rings is 1. The second-order valence-electron chi connectivity index (χ2n) is 9.46. The molecule has 210 valence electrons. The smallest absolute Gasteiger partial charge is 0.411 e. The molecule has 0 aliphatic carbocycles. The van der Waals surface area contributed by atoms with Crippen LogP contribution in [0.2, 0.25) is 5.02 Å². The normalized spacial score (nSPS) is 15.3. The van der Waals surface area contributed by atoms with Gasteiger partial charge in [-0.1, -0.05) is 29.8 Å². The lowest BCUT2D eigenvalue weighted by Crippen LogP contribution is -2.27. The topological polar surface area (TPSA) is 140 Å². The van der Waals surface area contributed by atoms with Gasteiger partial charge in [0.2, 0.25) is 5.91 Å². The van der Waals surface area contributed by atoms with Gasteiger partial charge in [0.15, 0.2) is 0 Å². The Morgan fingerprint density at radius 1 is 1.17 bits per heavy atom. The number of rotatable bonds is 5. The lowest BCUT2D eigenvalue weighted by atomic mass is 9.99. The standard InChI is InChI=1S/C29H29ClN8O3/c1-41-29(40)33-22-11-12-23-19(16-22)7-5-3-2-4-6-8-24(28-31-17-25(23)35-28)34-27(39)14-9-20-15-21(30)10-13-26(20)38-18-32-36-37-38/h2,4,9-18,24H,3,5-8H2,1H3,(H,31,35)(H,33,40)(H,34,39). The van der Waals surface area contributed by atoms with E-state index < -0.39 is 6.09 Å². The van der Waals surface area contributed by atoms with E-state index in [2.05, 4.69) is 48.3 Å². The van der Waals surface area contributed by atoms with E-state index in [9.17, 15) is 9.59 Å². The molecular formula is C29H29ClN8O3. The van der Waals surface area contributed by atoms with E-state index in [0.29, 0.717) is 34.2 Å². The molecular weight excluding hydrogens is 544 g/mol. The third kappa shape index (κ3) is 7.06. The van der Waals surface area contributed by atoms with Gasteiger partial charge in [0, 0.05) is 27.9 Å². The number of carbonyl (C=O) groups excluding carboxylic acids is 2. The van der Waals surface area contributed by atoms with Gasteiger partial charge >= 0.3 is 6.09 Å². The molecule has 3 N–H and O–H groups in total. The highest BCUT2D eigenvalue weighted by molar-refractivity contribution is 6.30. The van der Waals surface area contributed by atoms with Crippen LogP contribution in [-0.4, -0.2) is 49.3 Å². The Kier molecular flexibility index (Phi) is 8.85. The van der Waals surface area contributed by atoms with Gasteiger partial charge in [-0.3, -0.25) is 10.1 Å². The van der Waals surface area contributed by atoms with Gasteiger partial charge in [-0.25, -0.2) is 9.78 Å². The molecule has 0 saturated heterocycles. The molecule has 1 atom stereocenters. The quantitative estimate of drug-likeness (QED) is 0.214. The van der Waals surface area contributed by atoms with E-state index in [1.807, 2.05) is 18.2 Å². The van der Waals surface area contributed by atoms with E-state index in [1.54, 1.807) is 30.5 Å². The fraction of sp³-hybridized carbons (Fsp3) is 0.241. The van der Waals surface area contributed by atoms with Crippen molar-refractivity contribution >= 4 is 35.4 Å². The maximum Gasteiger partial charge on any atom is 0.411 e. The van der Waals surface area contributed by atoms with E-state index >= 15 is 0 Å². The zero-order chi connectivity index (χ0) is 28.6. The molecule has 2 bridgehead atoms. The van der Waals surface area contributed by atoms with E-state index in [0.717, 1.165) is 42.5 Å². The first kappa shape index (κ1) is 27.8. The second kappa shape index (κ2) is 13.1. The molecule has 4 aromatic rings. The van der Waals surface area contributed by atoms with Crippen molar-refractivity contribution in [3.63, 3.8) is 0 Å². The lowest BCUT2D eigenvalue weighted by molar-refractivity contribution is -0.117. The Morgan fingerprint density at radius 3 is 2.88 bits per heavy atom. The molecule has 0 spiro atoms. The van der Waals surface area contributed by atoms with Crippen molar-refractivity contribution in [1.29, 1.82) is 0 Å². The summed E-state index contributed by atoms with van der Waals surface area (Å²) < 4.78 is 6.24. The summed E-state index contributed by atoms with van der Waals surface area (Å²) in [5, 5.41) is 17.6. The van der Waals surface area contributed by atoms with E-state index in [-0.39, 0.29) is 11.9 Å². The number of benzene rings is 2. The zero-order valence-corrected chi connectivity index (χ0v) is 23.1. The highest BCUT2D eigenvalue weighted by atomic mass is 35.5. The van der Waals surface area contributed by atoms with Crippen LogP contribution >= 0.6 is 11.6 Å². The number of methoxy groups -OCH3 is 1. The Labute approximate surface area is 241 Å². The summed E-state index contributed by atoms with van der Waals surface area (Å²) in [6, 6.07) is 10.7.